The first-order chi connectivity index (χ1) is 8.38. The molecule has 0 atom stereocenters. The number of allylic oxidation sites excluding steroid dienone is 1. The average molecular weight is 247 g/mol. The maximum absolute atomic E-state index is 3.87. The van der Waals surface area contributed by atoms with Crippen LogP contribution >= 0.6 is 0 Å². The molecule has 0 aliphatic carbocycles. The minimum atomic E-state index is 0.884. The van der Waals surface area contributed by atoms with Crippen LogP contribution in [-0.4, -0.2) is 42.3 Å². The van der Waals surface area contributed by atoms with Crippen LogP contribution in [0.3, 0.4) is 0 Å². The van der Waals surface area contributed by atoms with Crippen LogP contribution in [0.25, 0.3) is 0 Å². The maximum Gasteiger partial charge on any atom is 0.0438 e. The molecule has 0 bridgehead atoms. The van der Waals surface area contributed by atoms with Crippen LogP contribution < -0.4 is 14.7 Å². The van der Waals surface area contributed by atoms with E-state index in [1.165, 1.54) is 22.6 Å². The van der Waals surface area contributed by atoms with Gasteiger partial charge in [0.2, 0.25) is 0 Å². The summed E-state index contributed by atoms with van der Waals surface area (Å²) in [6, 6.07) is 4.46. The fourth-order valence-electron chi connectivity index (χ4n) is 2.04. The van der Waals surface area contributed by atoms with Crippen LogP contribution in [0.5, 0.6) is 0 Å². The number of hydrogen-bond acceptors (Lipinski definition) is 3. The summed E-state index contributed by atoms with van der Waals surface area (Å²) in [6.45, 7) is 3.87. The smallest absolute Gasteiger partial charge is 0.0438 e. The second kappa shape index (κ2) is 5.80. The predicted octanol–water partition coefficient (Wildman–Crippen LogP) is 2.61. The van der Waals surface area contributed by atoms with Gasteiger partial charge in [-0.05, 0) is 18.6 Å². The normalized spacial score (nSPS) is 10.1. The number of rotatable bonds is 5. The van der Waals surface area contributed by atoms with Crippen LogP contribution in [0.2, 0.25) is 0 Å². The highest BCUT2D eigenvalue weighted by atomic mass is 15.1. The zero-order valence-electron chi connectivity index (χ0n) is 12.5. The Morgan fingerprint density at radius 3 is 1.61 bits per heavy atom. The first-order valence-corrected chi connectivity index (χ1v) is 6.18. The van der Waals surface area contributed by atoms with Crippen molar-refractivity contribution in [2.45, 2.75) is 6.42 Å². The molecule has 0 radical (unpaired) electrons. The van der Waals surface area contributed by atoms with Crippen LogP contribution in [0.1, 0.15) is 5.56 Å². The highest BCUT2D eigenvalue weighted by molar-refractivity contribution is 5.75. The van der Waals surface area contributed by atoms with Gasteiger partial charge in [-0.1, -0.05) is 6.08 Å². The topological polar surface area (TPSA) is 9.72 Å². The van der Waals surface area contributed by atoms with E-state index in [1.54, 1.807) is 0 Å². The second-order valence-corrected chi connectivity index (χ2v) is 5.14. The molecule has 1 aromatic rings. The van der Waals surface area contributed by atoms with Crippen molar-refractivity contribution in [2.24, 2.45) is 0 Å². The van der Waals surface area contributed by atoms with Gasteiger partial charge in [-0.25, -0.2) is 0 Å². The summed E-state index contributed by atoms with van der Waals surface area (Å²) in [6.07, 6.45) is 2.85. The van der Waals surface area contributed by atoms with Gasteiger partial charge in [0.05, 0.1) is 0 Å². The zero-order valence-corrected chi connectivity index (χ0v) is 12.5. The molecule has 0 fully saturated rings. The molecule has 3 heteroatoms. The minimum absolute atomic E-state index is 0.884. The number of benzene rings is 1. The fourth-order valence-corrected chi connectivity index (χ4v) is 2.04. The van der Waals surface area contributed by atoms with Crippen molar-refractivity contribution in [3.05, 3.63) is 30.4 Å². The lowest BCUT2D eigenvalue weighted by atomic mass is 10.0. The van der Waals surface area contributed by atoms with Gasteiger partial charge in [0.1, 0.15) is 0 Å². The van der Waals surface area contributed by atoms with Gasteiger partial charge < -0.3 is 14.7 Å². The molecule has 0 aliphatic heterocycles. The first kappa shape index (κ1) is 14.4. The Hall–Kier alpha value is -1.64. The lowest BCUT2D eigenvalue weighted by molar-refractivity contribution is 1.04. The SMILES string of the molecule is C=CCc1c(N(C)C)cc(N(C)C)cc1N(C)C. The molecular weight excluding hydrogens is 222 g/mol. The number of anilines is 3. The Bertz CT molecular complexity index is 391. The van der Waals surface area contributed by atoms with Gasteiger partial charge >= 0.3 is 0 Å². The third-order valence-corrected chi connectivity index (χ3v) is 3.02. The average Bonchev–Trinajstić information content (AvgIpc) is 2.28. The quantitative estimate of drug-likeness (QED) is 0.741. The molecule has 18 heavy (non-hydrogen) atoms. The Balaban J connectivity index is 3.49. The van der Waals surface area contributed by atoms with Crippen molar-refractivity contribution in [3.8, 4) is 0 Å². The van der Waals surface area contributed by atoms with E-state index in [2.05, 4.69) is 75.7 Å². The highest BCUT2D eigenvalue weighted by Gasteiger charge is 2.13. The molecule has 3 nitrogen and oxygen atoms in total. The van der Waals surface area contributed by atoms with Gasteiger partial charge in [0, 0.05) is 64.9 Å². The van der Waals surface area contributed by atoms with Crippen LogP contribution in [0.15, 0.2) is 24.8 Å². The van der Waals surface area contributed by atoms with E-state index in [0.717, 1.165) is 6.42 Å². The molecule has 0 aliphatic rings. The first-order valence-electron chi connectivity index (χ1n) is 6.18. The van der Waals surface area contributed by atoms with E-state index >= 15 is 0 Å². The summed E-state index contributed by atoms with van der Waals surface area (Å²) >= 11 is 0. The summed E-state index contributed by atoms with van der Waals surface area (Å²) in [4.78, 5) is 6.47. The summed E-state index contributed by atoms with van der Waals surface area (Å²) < 4.78 is 0. The molecule has 1 rings (SSSR count). The van der Waals surface area contributed by atoms with E-state index in [-0.39, 0.29) is 0 Å². The summed E-state index contributed by atoms with van der Waals surface area (Å²) in [5, 5.41) is 0. The van der Waals surface area contributed by atoms with Crippen molar-refractivity contribution in [1.29, 1.82) is 0 Å². The number of nitrogens with zero attached hydrogens (tertiary/aromatic N) is 3. The van der Waals surface area contributed by atoms with Crippen molar-refractivity contribution in [2.75, 3.05) is 57.0 Å². The molecule has 0 unspecified atom stereocenters. The Labute approximate surface area is 111 Å². The Morgan fingerprint density at radius 2 is 1.33 bits per heavy atom. The molecule has 0 amide bonds. The van der Waals surface area contributed by atoms with Gasteiger partial charge in [-0.2, -0.15) is 0 Å². The van der Waals surface area contributed by atoms with Crippen LogP contribution in [0, 0.1) is 0 Å². The largest absolute Gasteiger partial charge is 0.378 e. The van der Waals surface area contributed by atoms with Crippen LogP contribution in [0.4, 0.5) is 17.1 Å². The molecule has 0 aromatic heterocycles. The molecule has 0 heterocycles. The van der Waals surface area contributed by atoms with E-state index in [1.807, 2.05) is 6.08 Å². The lowest BCUT2D eigenvalue weighted by Gasteiger charge is -2.27. The van der Waals surface area contributed by atoms with E-state index < -0.39 is 0 Å². The second-order valence-electron chi connectivity index (χ2n) is 5.14. The van der Waals surface area contributed by atoms with Gasteiger partial charge in [-0.15, -0.1) is 6.58 Å². The Morgan fingerprint density at radius 1 is 0.889 bits per heavy atom. The monoisotopic (exact) mass is 247 g/mol. The van der Waals surface area contributed by atoms with Gasteiger partial charge in [0.25, 0.3) is 0 Å². The van der Waals surface area contributed by atoms with E-state index in [9.17, 15) is 0 Å². The Kier molecular flexibility index (Phi) is 4.65. The van der Waals surface area contributed by atoms with Crippen LogP contribution in [-0.2, 0) is 6.42 Å². The number of hydrogen-bond donors (Lipinski definition) is 0. The third-order valence-electron chi connectivity index (χ3n) is 3.02. The fraction of sp³-hybridized carbons (Fsp3) is 0.467. The standard InChI is InChI=1S/C15H25N3/c1-8-9-13-14(17(4)5)10-12(16(2)3)11-15(13)18(6)7/h8,10-11H,1,9H2,2-7H3. The highest BCUT2D eigenvalue weighted by Crippen LogP contribution is 2.34. The van der Waals surface area contributed by atoms with E-state index in [4.69, 9.17) is 0 Å². The molecule has 0 N–H and O–H groups in total. The zero-order chi connectivity index (χ0) is 13.9. The lowest BCUT2D eigenvalue weighted by Crippen LogP contribution is -2.19. The minimum Gasteiger partial charge on any atom is -0.378 e. The molecule has 1 aromatic carbocycles. The van der Waals surface area contributed by atoms with Crippen molar-refractivity contribution < 1.29 is 0 Å². The van der Waals surface area contributed by atoms with E-state index in [0.29, 0.717) is 0 Å². The molecule has 0 saturated heterocycles. The summed E-state index contributed by atoms with van der Waals surface area (Å²) in [7, 11) is 12.5. The van der Waals surface area contributed by atoms with Gasteiger partial charge in [-0.3, -0.25) is 0 Å². The third kappa shape index (κ3) is 2.97. The van der Waals surface area contributed by atoms with Crippen molar-refractivity contribution in [1.82, 2.24) is 0 Å². The van der Waals surface area contributed by atoms with Crippen molar-refractivity contribution >= 4 is 17.1 Å². The molecule has 0 saturated carbocycles. The molecule has 0 spiro atoms. The predicted molar refractivity (Wildman–Crippen MR) is 83.3 cm³/mol. The molecular formula is C15H25N3. The summed E-state index contributed by atoms with van der Waals surface area (Å²) in [5.74, 6) is 0. The maximum atomic E-state index is 3.87. The summed E-state index contributed by atoms with van der Waals surface area (Å²) in [5.41, 5.74) is 5.05. The molecule has 100 valence electrons. The van der Waals surface area contributed by atoms with Gasteiger partial charge in [0.15, 0.2) is 0 Å². The van der Waals surface area contributed by atoms with Crippen molar-refractivity contribution in [3.63, 3.8) is 0 Å².